The van der Waals surface area contributed by atoms with Crippen LogP contribution in [0.5, 0.6) is 0 Å². The Labute approximate surface area is 262 Å². The minimum atomic E-state index is -0.951. The Balaban J connectivity index is 1.60. The number of nitrogens with one attached hydrogen (secondary N) is 2. The van der Waals surface area contributed by atoms with Crippen LogP contribution < -0.4 is 10.6 Å². The van der Waals surface area contributed by atoms with Crippen LogP contribution in [0.1, 0.15) is 29.2 Å². The molecule has 0 bridgehead atoms. The topological polar surface area (TPSA) is 84.5 Å². The van der Waals surface area contributed by atoms with Crippen molar-refractivity contribution in [1.29, 1.82) is 0 Å². The van der Waals surface area contributed by atoms with Crippen molar-refractivity contribution >= 4 is 41.3 Å². The molecular weight excluding hydrogens is 577 g/mol. The molecule has 2 N–H and O–H groups in total. The third-order valence-electron chi connectivity index (χ3n) is 6.90. The minimum absolute atomic E-state index is 0.223. The summed E-state index contributed by atoms with van der Waals surface area (Å²) in [5.41, 5.74) is 4.25. The maximum atomic E-state index is 13.5. The summed E-state index contributed by atoms with van der Waals surface area (Å²) >= 11 is 3.09. The van der Waals surface area contributed by atoms with Gasteiger partial charge >= 0.3 is 5.97 Å². The Morgan fingerprint density at radius 1 is 0.674 bits per heavy atom. The molecule has 0 radical (unpaired) electrons. The van der Waals surface area contributed by atoms with Crippen molar-refractivity contribution < 1.29 is 19.1 Å². The molecule has 2 unspecified atom stereocenters. The number of ether oxygens (including phenoxy) is 1. The number of thioether (sulfide) groups is 2. The van der Waals surface area contributed by atoms with E-state index in [0.29, 0.717) is 11.5 Å². The summed E-state index contributed by atoms with van der Waals surface area (Å²) in [4.78, 5) is 38.6. The molecule has 0 saturated heterocycles. The summed E-state index contributed by atoms with van der Waals surface area (Å²) in [6, 6.07) is 38.6. The molecule has 0 heterocycles. The van der Waals surface area contributed by atoms with Gasteiger partial charge in [0.25, 0.3) is 0 Å². The largest absolute Gasteiger partial charge is 0.467 e. The van der Waals surface area contributed by atoms with Crippen LogP contribution in [0.2, 0.25) is 0 Å². The molecule has 0 fully saturated rings. The number of benzene rings is 4. The molecule has 2 atom stereocenters. The fourth-order valence-corrected chi connectivity index (χ4v) is 7.42. The fourth-order valence-electron chi connectivity index (χ4n) is 4.86. The number of esters is 1. The highest BCUT2D eigenvalue weighted by molar-refractivity contribution is 8.00. The van der Waals surface area contributed by atoms with E-state index in [1.165, 1.54) is 25.8 Å². The molecule has 222 valence electrons. The zero-order chi connectivity index (χ0) is 30.5. The standard InChI is InChI=1S/C35H36N2O4S2/c1-26(38)36-31(24-42-23-27-15-7-3-8-16-27)33(39)37-32(34(40)41-2)25-43-35(28-17-9-4-10-18-28,29-19-11-5-12-20-29)30-21-13-6-14-22-30/h3-22,31-32H,23-25H2,1-2H3,(H,36,38)(H,37,39). The highest BCUT2D eigenvalue weighted by Gasteiger charge is 2.39. The Kier molecular flexibility index (Phi) is 11.9. The van der Waals surface area contributed by atoms with Gasteiger partial charge in [-0.1, -0.05) is 121 Å². The van der Waals surface area contributed by atoms with Crippen molar-refractivity contribution in [1.82, 2.24) is 10.6 Å². The predicted octanol–water partition coefficient (Wildman–Crippen LogP) is 5.81. The summed E-state index contributed by atoms with van der Waals surface area (Å²) in [6.07, 6.45) is 0. The number of amides is 2. The van der Waals surface area contributed by atoms with Crippen LogP contribution in [-0.2, 0) is 29.6 Å². The molecule has 0 aromatic heterocycles. The number of carbonyl (C=O) groups excluding carboxylic acids is 3. The number of methoxy groups -OCH3 is 1. The van der Waals surface area contributed by atoms with Crippen molar-refractivity contribution in [2.24, 2.45) is 0 Å². The fraction of sp³-hybridized carbons (Fsp3) is 0.229. The zero-order valence-corrected chi connectivity index (χ0v) is 25.9. The van der Waals surface area contributed by atoms with Crippen molar-refractivity contribution in [2.45, 2.75) is 29.5 Å². The molecule has 0 aliphatic rings. The minimum Gasteiger partial charge on any atom is -0.467 e. The van der Waals surface area contributed by atoms with E-state index in [-0.39, 0.29) is 11.7 Å². The van der Waals surface area contributed by atoms with Crippen molar-refractivity contribution in [3.8, 4) is 0 Å². The number of carbonyl (C=O) groups is 3. The summed E-state index contributed by atoms with van der Waals surface area (Å²) < 4.78 is 4.46. The maximum Gasteiger partial charge on any atom is 0.329 e. The van der Waals surface area contributed by atoms with Crippen LogP contribution in [0.25, 0.3) is 0 Å². The Morgan fingerprint density at radius 3 is 1.58 bits per heavy atom. The van der Waals surface area contributed by atoms with Crippen LogP contribution in [0, 0.1) is 0 Å². The highest BCUT2D eigenvalue weighted by Crippen LogP contribution is 2.48. The van der Waals surface area contributed by atoms with Gasteiger partial charge in [0.15, 0.2) is 0 Å². The molecule has 2 amide bonds. The van der Waals surface area contributed by atoms with E-state index < -0.39 is 28.7 Å². The van der Waals surface area contributed by atoms with E-state index in [1.54, 1.807) is 11.8 Å². The smallest absolute Gasteiger partial charge is 0.329 e. The quantitative estimate of drug-likeness (QED) is 0.138. The second-order valence-corrected chi connectivity index (χ2v) is 12.2. The lowest BCUT2D eigenvalue weighted by molar-refractivity contribution is -0.144. The molecule has 6 nitrogen and oxygen atoms in total. The Morgan fingerprint density at radius 2 is 1.14 bits per heavy atom. The van der Waals surface area contributed by atoms with Gasteiger partial charge in [-0.2, -0.15) is 11.8 Å². The Bertz CT molecular complexity index is 1360. The van der Waals surface area contributed by atoms with Crippen LogP contribution in [0.15, 0.2) is 121 Å². The summed E-state index contributed by atoms with van der Waals surface area (Å²) in [5, 5.41) is 5.63. The van der Waals surface area contributed by atoms with Gasteiger partial charge < -0.3 is 15.4 Å². The molecule has 0 aliphatic heterocycles. The van der Waals surface area contributed by atoms with Crippen molar-refractivity contribution in [3.63, 3.8) is 0 Å². The van der Waals surface area contributed by atoms with Gasteiger partial charge in [0.2, 0.25) is 11.8 Å². The van der Waals surface area contributed by atoms with Crippen molar-refractivity contribution in [2.75, 3.05) is 18.6 Å². The van der Waals surface area contributed by atoms with Gasteiger partial charge in [0, 0.05) is 24.2 Å². The first kappa shape index (κ1) is 31.9. The second-order valence-electron chi connectivity index (χ2n) is 9.93. The first-order chi connectivity index (χ1) is 20.9. The average molecular weight is 613 g/mol. The van der Waals surface area contributed by atoms with E-state index >= 15 is 0 Å². The molecule has 43 heavy (non-hydrogen) atoms. The van der Waals surface area contributed by atoms with Gasteiger partial charge in [-0.3, -0.25) is 9.59 Å². The summed E-state index contributed by atoms with van der Waals surface area (Å²) in [6.45, 7) is 1.38. The lowest BCUT2D eigenvalue weighted by Crippen LogP contribution is -2.53. The molecule has 0 aliphatic carbocycles. The van der Waals surface area contributed by atoms with Crippen LogP contribution >= 0.6 is 23.5 Å². The van der Waals surface area contributed by atoms with E-state index in [0.717, 1.165) is 22.3 Å². The van der Waals surface area contributed by atoms with Gasteiger partial charge in [-0.15, -0.1) is 11.8 Å². The summed E-state index contributed by atoms with van der Waals surface area (Å²) in [5.74, 6) is -0.0434. The maximum absolute atomic E-state index is 13.5. The third kappa shape index (κ3) is 8.52. The van der Waals surface area contributed by atoms with Gasteiger partial charge in [0.1, 0.15) is 12.1 Å². The summed E-state index contributed by atoms with van der Waals surface area (Å²) in [7, 11) is 1.31. The van der Waals surface area contributed by atoms with Gasteiger partial charge in [-0.05, 0) is 22.3 Å². The van der Waals surface area contributed by atoms with Crippen LogP contribution in [-0.4, -0.2) is 48.5 Å². The molecular formula is C35H36N2O4S2. The van der Waals surface area contributed by atoms with E-state index in [9.17, 15) is 14.4 Å². The SMILES string of the molecule is COC(=O)C(CSC(c1ccccc1)(c1ccccc1)c1ccccc1)NC(=O)C(CSCc1ccccc1)NC(C)=O. The Hall–Kier alpha value is -4.01. The van der Waals surface area contributed by atoms with Crippen molar-refractivity contribution in [3.05, 3.63) is 144 Å². The monoisotopic (exact) mass is 612 g/mol. The molecule has 0 saturated carbocycles. The molecule has 8 heteroatoms. The lowest BCUT2D eigenvalue weighted by atomic mass is 9.84. The van der Waals surface area contributed by atoms with E-state index in [4.69, 9.17) is 4.74 Å². The first-order valence-corrected chi connectivity index (χ1v) is 16.2. The van der Waals surface area contributed by atoms with E-state index in [2.05, 4.69) is 47.0 Å². The normalized spacial score (nSPS) is 12.5. The highest BCUT2D eigenvalue weighted by atomic mass is 32.2. The predicted molar refractivity (Wildman–Crippen MR) is 176 cm³/mol. The number of rotatable bonds is 14. The van der Waals surface area contributed by atoms with Crippen LogP contribution in [0.3, 0.4) is 0 Å². The molecule has 0 spiro atoms. The zero-order valence-electron chi connectivity index (χ0n) is 24.3. The van der Waals surface area contributed by atoms with Crippen LogP contribution in [0.4, 0.5) is 0 Å². The van der Waals surface area contributed by atoms with E-state index in [1.807, 2.05) is 84.9 Å². The number of hydrogen-bond acceptors (Lipinski definition) is 6. The lowest BCUT2D eigenvalue weighted by Gasteiger charge is -2.36. The first-order valence-electron chi connectivity index (χ1n) is 14.0. The average Bonchev–Trinajstić information content (AvgIpc) is 3.05. The molecule has 4 rings (SSSR count). The number of hydrogen-bond donors (Lipinski definition) is 2. The second kappa shape index (κ2) is 16.0. The molecule has 4 aromatic carbocycles. The van der Waals surface area contributed by atoms with Gasteiger partial charge in [0.05, 0.1) is 11.9 Å². The molecule has 4 aromatic rings. The van der Waals surface area contributed by atoms with Gasteiger partial charge in [-0.25, -0.2) is 4.79 Å². The third-order valence-corrected chi connectivity index (χ3v) is 9.65.